The molecule has 0 spiro atoms. The van der Waals surface area contributed by atoms with Crippen LogP contribution in [-0.2, 0) is 14.3 Å². The van der Waals surface area contributed by atoms with Gasteiger partial charge in [0, 0.05) is 32.0 Å². The summed E-state index contributed by atoms with van der Waals surface area (Å²) >= 11 is 0. The van der Waals surface area contributed by atoms with Crippen LogP contribution >= 0.6 is 0 Å². The van der Waals surface area contributed by atoms with Gasteiger partial charge in [0.25, 0.3) is 0 Å². The van der Waals surface area contributed by atoms with E-state index in [1.54, 1.807) is 19.3 Å². The second kappa shape index (κ2) is 7.61. The average Bonchev–Trinajstić information content (AvgIpc) is 2.56. The van der Waals surface area contributed by atoms with Crippen molar-refractivity contribution in [1.29, 1.82) is 5.26 Å². The van der Waals surface area contributed by atoms with Crippen molar-refractivity contribution in [3.05, 3.63) is 23.7 Å². The molecule has 2 aliphatic heterocycles. The Morgan fingerprint density at radius 3 is 2.77 bits per heavy atom. The molecule has 7 nitrogen and oxygen atoms in total. The number of morpholine rings is 1. The molecule has 7 heteroatoms. The van der Waals surface area contributed by atoms with Crippen molar-refractivity contribution in [2.45, 2.75) is 13.8 Å². The highest BCUT2D eigenvalue weighted by Crippen LogP contribution is 2.21. The first kappa shape index (κ1) is 16.0. The Bertz CT molecular complexity index is 554. The molecule has 0 atom stereocenters. The summed E-state index contributed by atoms with van der Waals surface area (Å²) in [5, 5.41) is 9.45. The second-order valence-electron chi connectivity index (χ2n) is 4.69. The molecule has 22 heavy (non-hydrogen) atoms. The highest BCUT2D eigenvalue weighted by Gasteiger charge is 2.29. The van der Waals surface area contributed by atoms with E-state index < -0.39 is 5.97 Å². The van der Waals surface area contributed by atoms with E-state index in [4.69, 9.17) is 9.47 Å². The predicted molar refractivity (Wildman–Crippen MR) is 80.6 cm³/mol. The number of likely N-dealkylation sites (N-methyl/N-ethyl adjacent to an activating group) is 1. The predicted octanol–water partition coefficient (Wildman–Crippen LogP) is 0.865. The molecule has 0 radical (unpaired) electrons. The van der Waals surface area contributed by atoms with Crippen LogP contribution < -0.4 is 0 Å². The number of nitrogens with zero attached hydrogens (tertiary/aromatic N) is 4. The zero-order valence-corrected chi connectivity index (χ0v) is 12.9. The molecule has 0 aromatic carbocycles. The monoisotopic (exact) mass is 304 g/mol. The first-order chi connectivity index (χ1) is 10.7. The topological polar surface area (TPSA) is 78.2 Å². The third kappa shape index (κ3) is 3.28. The third-order valence-corrected chi connectivity index (χ3v) is 3.42. The number of hydrogen-bond donors (Lipinski definition) is 0. The van der Waals surface area contributed by atoms with Crippen LogP contribution in [0.15, 0.2) is 28.7 Å². The normalized spacial score (nSPS) is 20.3. The number of ether oxygens (including phenoxy) is 2. The zero-order chi connectivity index (χ0) is 15.9. The number of carbonyl (C=O) groups excluding carboxylic acids is 1. The molecular weight excluding hydrogens is 284 g/mol. The third-order valence-electron chi connectivity index (χ3n) is 3.42. The lowest BCUT2D eigenvalue weighted by molar-refractivity contribution is -0.138. The van der Waals surface area contributed by atoms with Gasteiger partial charge in [0.05, 0.1) is 19.8 Å². The Balaban J connectivity index is 2.44. The smallest absolute Gasteiger partial charge is 0.351 e. The lowest BCUT2D eigenvalue weighted by Gasteiger charge is -2.35. The van der Waals surface area contributed by atoms with Crippen molar-refractivity contribution in [3.63, 3.8) is 0 Å². The lowest BCUT2D eigenvalue weighted by Crippen LogP contribution is -2.45. The van der Waals surface area contributed by atoms with Crippen LogP contribution in [0.1, 0.15) is 13.8 Å². The highest BCUT2D eigenvalue weighted by atomic mass is 16.5. The summed E-state index contributed by atoms with van der Waals surface area (Å²) in [5.41, 5.74) is 0.492. The van der Waals surface area contributed by atoms with Gasteiger partial charge in [0.15, 0.2) is 11.4 Å². The quantitative estimate of drug-likeness (QED) is 0.437. The Kier molecular flexibility index (Phi) is 5.55. The van der Waals surface area contributed by atoms with Crippen molar-refractivity contribution in [2.24, 2.45) is 4.99 Å². The molecule has 0 unspecified atom stereocenters. The van der Waals surface area contributed by atoms with Crippen LogP contribution in [0.3, 0.4) is 0 Å². The number of nitriles is 1. The molecule has 118 valence electrons. The first-order valence-corrected chi connectivity index (χ1v) is 7.38. The zero-order valence-electron chi connectivity index (χ0n) is 12.9. The van der Waals surface area contributed by atoms with Crippen LogP contribution in [0.2, 0.25) is 0 Å². The Hall–Kier alpha value is -2.33. The summed E-state index contributed by atoms with van der Waals surface area (Å²) in [6.07, 6.45) is 3.44. The molecule has 0 aliphatic carbocycles. The van der Waals surface area contributed by atoms with E-state index in [0.717, 1.165) is 0 Å². The maximum absolute atomic E-state index is 12.1. The first-order valence-electron chi connectivity index (χ1n) is 7.38. The van der Waals surface area contributed by atoms with Gasteiger partial charge in [-0.3, -0.25) is 0 Å². The molecule has 2 rings (SSSR count). The minimum Gasteiger partial charge on any atom is -0.462 e. The maximum Gasteiger partial charge on any atom is 0.351 e. The van der Waals surface area contributed by atoms with Gasteiger partial charge in [-0.2, -0.15) is 5.26 Å². The lowest BCUT2D eigenvalue weighted by atomic mass is 10.1. The molecule has 2 heterocycles. The van der Waals surface area contributed by atoms with Gasteiger partial charge in [0.1, 0.15) is 11.8 Å². The van der Waals surface area contributed by atoms with Crippen molar-refractivity contribution in [1.82, 2.24) is 9.80 Å². The SMILES string of the molecule is CCOC(=O)/C(C#N)=C1/C(N2CCOCC2)=NC=CN1CC. The van der Waals surface area contributed by atoms with Crippen molar-refractivity contribution >= 4 is 11.8 Å². The molecule has 1 saturated heterocycles. The summed E-state index contributed by atoms with van der Waals surface area (Å²) in [4.78, 5) is 20.4. The summed E-state index contributed by atoms with van der Waals surface area (Å²) in [6, 6.07) is 1.98. The average molecular weight is 304 g/mol. The molecule has 1 fully saturated rings. The van der Waals surface area contributed by atoms with Crippen LogP contribution in [0.4, 0.5) is 0 Å². The molecule has 0 bridgehead atoms. The Morgan fingerprint density at radius 2 is 2.18 bits per heavy atom. The van der Waals surface area contributed by atoms with Gasteiger partial charge in [-0.25, -0.2) is 9.79 Å². The minimum absolute atomic E-state index is 0.0155. The van der Waals surface area contributed by atoms with Crippen molar-refractivity contribution < 1.29 is 14.3 Å². The van der Waals surface area contributed by atoms with Crippen LogP contribution in [-0.4, -0.2) is 61.1 Å². The fourth-order valence-electron chi connectivity index (χ4n) is 2.37. The maximum atomic E-state index is 12.1. The summed E-state index contributed by atoms with van der Waals surface area (Å²) < 4.78 is 10.4. The van der Waals surface area contributed by atoms with E-state index in [1.807, 2.05) is 22.8 Å². The number of esters is 1. The number of hydrogen-bond acceptors (Lipinski definition) is 7. The van der Waals surface area contributed by atoms with Crippen molar-refractivity contribution in [3.8, 4) is 6.07 Å². The van der Waals surface area contributed by atoms with Crippen LogP contribution in [0, 0.1) is 11.3 Å². The van der Waals surface area contributed by atoms with Gasteiger partial charge in [-0.05, 0) is 13.8 Å². The summed E-state index contributed by atoms with van der Waals surface area (Å²) in [7, 11) is 0. The summed E-state index contributed by atoms with van der Waals surface area (Å²) in [5.74, 6) is 0.00645. The fourth-order valence-corrected chi connectivity index (χ4v) is 2.37. The Morgan fingerprint density at radius 1 is 1.45 bits per heavy atom. The second-order valence-corrected chi connectivity index (χ2v) is 4.69. The standard InChI is InChI=1S/C15H20N4O3/c1-3-18-6-5-17-14(19-7-9-21-10-8-19)13(18)12(11-16)15(20)22-4-2/h5-6H,3-4,7-10H2,1-2H3/b13-12-. The number of aliphatic imine (C=N–C) groups is 1. The van der Waals surface area contributed by atoms with E-state index in [0.29, 0.717) is 44.4 Å². The van der Waals surface area contributed by atoms with Gasteiger partial charge < -0.3 is 19.3 Å². The van der Waals surface area contributed by atoms with Crippen LogP contribution in [0.25, 0.3) is 0 Å². The van der Waals surface area contributed by atoms with Gasteiger partial charge in [0.2, 0.25) is 0 Å². The van der Waals surface area contributed by atoms with E-state index in [2.05, 4.69) is 4.99 Å². The van der Waals surface area contributed by atoms with Crippen LogP contribution in [0.5, 0.6) is 0 Å². The highest BCUT2D eigenvalue weighted by molar-refractivity contribution is 6.08. The van der Waals surface area contributed by atoms with Gasteiger partial charge >= 0.3 is 5.97 Å². The van der Waals surface area contributed by atoms with E-state index >= 15 is 0 Å². The van der Waals surface area contributed by atoms with E-state index in [-0.39, 0.29) is 12.2 Å². The Labute approximate surface area is 130 Å². The molecule has 2 aliphatic rings. The molecule has 0 amide bonds. The van der Waals surface area contributed by atoms with Crippen molar-refractivity contribution in [2.75, 3.05) is 39.5 Å². The van der Waals surface area contributed by atoms with Gasteiger partial charge in [-0.15, -0.1) is 0 Å². The number of rotatable bonds is 3. The van der Waals surface area contributed by atoms with E-state index in [9.17, 15) is 10.1 Å². The van der Waals surface area contributed by atoms with E-state index in [1.165, 1.54) is 0 Å². The molecule has 0 aromatic heterocycles. The minimum atomic E-state index is -0.616. The number of carbonyl (C=O) groups is 1. The molecule has 0 aromatic rings. The molecule has 0 saturated carbocycles. The van der Waals surface area contributed by atoms with Gasteiger partial charge in [-0.1, -0.05) is 0 Å². The summed E-state index contributed by atoms with van der Waals surface area (Å²) in [6.45, 7) is 7.07. The molecule has 0 N–H and O–H groups in total. The number of amidine groups is 1. The fraction of sp³-hybridized carbons (Fsp3) is 0.533. The largest absolute Gasteiger partial charge is 0.462 e. The molecular formula is C15H20N4O3.